The van der Waals surface area contributed by atoms with E-state index >= 15 is 0 Å². The summed E-state index contributed by atoms with van der Waals surface area (Å²) in [4.78, 5) is 7.84. The van der Waals surface area contributed by atoms with Gasteiger partial charge in [0.05, 0.1) is 11.4 Å². The molecule has 2 heterocycles. The van der Waals surface area contributed by atoms with E-state index in [1.165, 1.54) is 19.3 Å². The van der Waals surface area contributed by atoms with Crippen molar-refractivity contribution in [1.82, 2.24) is 15.0 Å². The first-order chi connectivity index (χ1) is 9.86. The van der Waals surface area contributed by atoms with Crippen molar-refractivity contribution in [2.24, 2.45) is 0 Å². The highest BCUT2D eigenvalue weighted by molar-refractivity contribution is 7.13. The third kappa shape index (κ3) is 3.08. The van der Waals surface area contributed by atoms with Crippen LogP contribution >= 0.6 is 11.3 Å². The maximum atomic E-state index is 9.01. The fourth-order valence-corrected chi connectivity index (χ4v) is 3.06. The van der Waals surface area contributed by atoms with E-state index in [0.29, 0.717) is 18.5 Å². The predicted octanol–water partition coefficient (Wildman–Crippen LogP) is 2.54. The van der Waals surface area contributed by atoms with Gasteiger partial charge in [-0.2, -0.15) is 4.98 Å². The molecule has 0 bridgehead atoms. The van der Waals surface area contributed by atoms with Gasteiger partial charge < -0.3 is 9.63 Å². The number of aromatic nitrogens is 2. The monoisotopic (exact) mass is 293 g/mol. The average molecular weight is 293 g/mol. The first-order valence-corrected chi connectivity index (χ1v) is 7.96. The molecule has 1 aliphatic carbocycles. The van der Waals surface area contributed by atoms with Crippen molar-refractivity contribution in [3.8, 4) is 10.8 Å². The highest BCUT2D eigenvalue weighted by atomic mass is 32.1. The van der Waals surface area contributed by atoms with Gasteiger partial charge >= 0.3 is 0 Å². The molecule has 5 nitrogen and oxygen atoms in total. The molecule has 1 saturated carbocycles. The van der Waals surface area contributed by atoms with Crippen LogP contribution in [0, 0.1) is 0 Å². The second-order valence-electron chi connectivity index (χ2n) is 5.13. The predicted molar refractivity (Wildman–Crippen MR) is 77.4 cm³/mol. The Hall–Kier alpha value is -1.24. The van der Waals surface area contributed by atoms with Gasteiger partial charge in [0, 0.05) is 19.2 Å². The number of aliphatic hydroxyl groups excluding tert-OH is 1. The molecule has 0 saturated heterocycles. The number of rotatable bonds is 7. The van der Waals surface area contributed by atoms with E-state index in [4.69, 9.17) is 9.63 Å². The molecule has 2 aromatic rings. The molecule has 0 spiro atoms. The summed E-state index contributed by atoms with van der Waals surface area (Å²) >= 11 is 1.60. The van der Waals surface area contributed by atoms with Crippen LogP contribution in [0.3, 0.4) is 0 Å². The quantitative estimate of drug-likeness (QED) is 0.850. The molecular weight excluding hydrogens is 274 g/mol. The van der Waals surface area contributed by atoms with Crippen molar-refractivity contribution in [3.05, 3.63) is 23.3 Å². The van der Waals surface area contributed by atoms with E-state index in [0.717, 1.165) is 23.7 Å². The molecule has 1 fully saturated rings. The van der Waals surface area contributed by atoms with Crippen molar-refractivity contribution in [2.75, 3.05) is 13.2 Å². The summed E-state index contributed by atoms with van der Waals surface area (Å²) in [6.07, 6.45) is 4.57. The van der Waals surface area contributed by atoms with Crippen LogP contribution in [0.15, 0.2) is 22.0 Å². The van der Waals surface area contributed by atoms with Gasteiger partial charge in [-0.3, -0.25) is 4.90 Å². The zero-order chi connectivity index (χ0) is 13.8. The largest absolute Gasteiger partial charge is 0.396 e. The zero-order valence-electron chi connectivity index (χ0n) is 11.4. The molecule has 0 amide bonds. The van der Waals surface area contributed by atoms with Gasteiger partial charge in [-0.25, -0.2) is 0 Å². The Morgan fingerprint density at radius 2 is 2.35 bits per heavy atom. The summed E-state index contributed by atoms with van der Waals surface area (Å²) in [5.74, 6) is 1.34. The van der Waals surface area contributed by atoms with E-state index < -0.39 is 0 Å². The number of hydrogen-bond donors (Lipinski definition) is 1. The fourth-order valence-electron chi connectivity index (χ4n) is 2.42. The smallest absolute Gasteiger partial charge is 0.268 e. The first-order valence-electron chi connectivity index (χ1n) is 7.08. The molecule has 2 aromatic heterocycles. The maximum Gasteiger partial charge on any atom is 0.268 e. The highest BCUT2D eigenvalue weighted by Crippen LogP contribution is 2.27. The minimum atomic E-state index is 0.232. The Kier molecular flexibility index (Phi) is 4.44. The van der Waals surface area contributed by atoms with Crippen LogP contribution in [-0.2, 0) is 6.54 Å². The van der Waals surface area contributed by atoms with Crippen LogP contribution < -0.4 is 0 Å². The van der Waals surface area contributed by atoms with Gasteiger partial charge in [0.25, 0.3) is 5.89 Å². The van der Waals surface area contributed by atoms with Crippen molar-refractivity contribution < 1.29 is 9.63 Å². The molecule has 1 N–H and O–H groups in total. The summed E-state index contributed by atoms with van der Waals surface area (Å²) < 4.78 is 5.32. The van der Waals surface area contributed by atoms with Gasteiger partial charge in [0.1, 0.15) is 0 Å². The molecule has 6 heteroatoms. The maximum absolute atomic E-state index is 9.01. The summed E-state index contributed by atoms with van der Waals surface area (Å²) in [6, 6.07) is 4.58. The second kappa shape index (κ2) is 6.47. The van der Waals surface area contributed by atoms with Gasteiger partial charge in [-0.05, 0) is 30.7 Å². The van der Waals surface area contributed by atoms with Crippen LogP contribution in [0.4, 0.5) is 0 Å². The van der Waals surface area contributed by atoms with Crippen molar-refractivity contribution in [3.63, 3.8) is 0 Å². The van der Waals surface area contributed by atoms with Gasteiger partial charge in [0.15, 0.2) is 5.82 Å². The molecule has 1 aliphatic rings. The lowest BCUT2D eigenvalue weighted by Crippen LogP contribution is -2.40. The lowest BCUT2D eigenvalue weighted by molar-refractivity contribution is 0.105. The van der Waals surface area contributed by atoms with E-state index in [2.05, 4.69) is 15.0 Å². The van der Waals surface area contributed by atoms with Gasteiger partial charge in [0.2, 0.25) is 0 Å². The number of nitrogens with zero attached hydrogens (tertiary/aromatic N) is 3. The summed E-state index contributed by atoms with van der Waals surface area (Å²) in [7, 11) is 0. The van der Waals surface area contributed by atoms with Crippen LogP contribution in [0.5, 0.6) is 0 Å². The van der Waals surface area contributed by atoms with Crippen molar-refractivity contribution in [2.45, 2.75) is 38.3 Å². The highest BCUT2D eigenvalue weighted by Gasteiger charge is 2.26. The SMILES string of the molecule is OCCCN(Cc1noc(-c2cccs2)n1)C1CCC1. The molecule has 3 rings (SSSR count). The third-order valence-corrected chi connectivity index (χ3v) is 4.60. The minimum Gasteiger partial charge on any atom is -0.396 e. The molecular formula is C14H19N3O2S. The number of aliphatic hydroxyl groups is 1. The fraction of sp³-hybridized carbons (Fsp3) is 0.571. The molecule has 0 unspecified atom stereocenters. The van der Waals surface area contributed by atoms with Crippen LogP contribution in [0.2, 0.25) is 0 Å². The molecule has 0 aromatic carbocycles. The Labute approximate surface area is 122 Å². The molecule has 0 atom stereocenters. The van der Waals surface area contributed by atoms with E-state index in [9.17, 15) is 0 Å². The summed E-state index contributed by atoms with van der Waals surface area (Å²) in [5.41, 5.74) is 0. The average Bonchev–Trinajstić information content (AvgIpc) is 3.04. The van der Waals surface area contributed by atoms with E-state index in [1.54, 1.807) is 11.3 Å². The Morgan fingerprint density at radius 3 is 3.00 bits per heavy atom. The van der Waals surface area contributed by atoms with Crippen LogP contribution in [-0.4, -0.2) is 39.3 Å². The normalized spacial score (nSPS) is 15.7. The summed E-state index contributed by atoms with van der Waals surface area (Å²) in [6.45, 7) is 1.83. The van der Waals surface area contributed by atoms with Crippen molar-refractivity contribution >= 4 is 11.3 Å². The Morgan fingerprint density at radius 1 is 1.45 bits per heavy atom. The Balaban J connectivity index is 1.65. The minimum absolute atomic E-state index is 0.232. The van der Waals surface area contributed by atoms with E-state index in [-0.39, 0.29) is 6.61 Å². The first kappa shape index (κ1) is 13.7. The number of thiophene rings is 1. The van der Waals surface area contributed by atoms with Gasteiger partial charge in [-0.15, -0.1) is 11.3 Å². The topological polar surface area (TPSA) is 62.4 Å². The molecule has 20 heavy (non-hydrogen) atoms. The number of hydrogen-bond acceptors (Lipinski definition) is 6. The molecule has 108 valence electrons. The standard InChI is InChI=1S/C14H19N3O2S/c18-8-3-7-17(11-4-1-5-11)10-13-15-14(19-16-13)12-6-2-9-20-12/h2,6,9,11,18H,1,3-5,7-8,10H2. The van der Waals surface area contributed by atoms with Gasteiger partial charge in [-0.1, -0.05) is 17.6 Å². The lowest BCUT2D eigenvalue weighted by Gasteiger charge is -2.36. The van der Waals surface area contributed by atoms with Crippen molar-refractivity contribution in [1.29, 1.82) is 0 Å². The van der Waals surface area contributed by atoms with Crippen LogP contribution in [0.25, 0.3) is 10.8 Å². The zero-order valence-corrected chi connectivity index (χ0v) is 12.2. The summed E-state index contributed by atoms with van der Waals surface area (Å²) in [5, 5.41) is 15.1. The third-order valence-electron chi connectivity index (χ3n) is 3.74. The second-order valence-corrected chi connectivity index (χ2v) is 6.07. The Bertz CT molecular complexity index is 522. The lowest BCUT2D eigenvalue weighted by atomic mass is 9.91. The molecule has 0 aliphatic heterocycles. The molecule has 0 radical (unpaired) electrons. The van der Waals surface area contributed by atoms with Crippen LogP contribution in [0.1, 0.15) is 31.5 Å². The van der Waals surface area contributed by atoms with E-state index in [1.807, 2.05) is 17.5 Å².